The molecule has 0 aliphatic carbocycles. The first kappa shape index (κ1) is 20.7. The summed E-state index contributed by atoms with van der Waals surface area (Å²) in [6, 6.07) is 13.2. The van der Waals surface area contributed by atoms with Gasteiger partial charge in [0.25, 0.3) is 0 Å². The van der Waals surface area contributed by atoms with Gasteiger partial charge in [0, 0.05) is 11.8 Å². The summed E-state index contributed by atoms with van der Waals surface area (Å²) >= 11 is 2.57. The summed E-state index contributed by atoms with van der Waals surface area (Å²) in [4.78, 5) is 23.5. The average Bonchev–Trinajstić information content (AvgIpc) is 3.18. The van der Waals surface area contributed by atoms with Crippen molar-refractivity contribution in [3.63, 3.8) is 0 Å². The molecule has 3 rings (SSSR count). The number of nitrogens with zero attached hydrogens (tertiary/aromatic N) is 2. The van der Waals surface area contributed by atoms with Gasteiger partial charge in [0.1, 0.15) is 5.82 Å². The van der Waals surface area contributed by atoms with Crippen molar-refractivity contribution in [2.75, 3.05) is 12.4 Å². The Morgan fingerprint density at radius 3 is 2.66 bits per heavy atom. The lowest BCUT2D eigenvalue weighted by Gasteiger charge is -2.00. The summed E-state index contributed by atoms with van der Waals surface area (Å²) < 4.78 is 18.9. The van der Waals surface area contributed by atoms with Gasteiger partial charge in [-0.1, -0.05) is 53.4 Å². The Morgan fingerprint density at radius 2 is 1.93 bits per heavy atom. The third-order valence-corrected chi connectivity index (χ3v) is 5.73. The molecule has 29 heavy (non-hydrogen) atoms. The predicted molar refractivity (Wildman–Crippen MR) is 111 cm³/mol. The highest BCUT2D eigenvalue weighted by atomic mass is 32.2. The quantitative estimate of drug-likeness (QED) is 0.259. The molecule has 6 nitrogen and oxygen atoms in total. The van der Waals surface area contributed by atoms with Gasteiger partial charge >= 0.3 is 5.97 Å². The van der Waals surface area contributed by atoms with Crippen LogP contribution in [0.5, 0.6) is 0 Å². The van der Waals surface area contributed by atoms with E-state index in [-0.39, 0.29) is 11.7 Å². The molecule has 1 N–H and O–H groups in total. The highest BCUT2D eigenvalue weighted by molar-refractivity contribution is 8.00. The molecule has 0 aliphatic rings. The second-order valence-corrected chi connectivity index (χ2v) is 7.89. The van der Waals surface area contributed by atoms with Gasteiger partial charge in [-0.25, -0.2) is 9.18 Å². The van der Waals surface area contributed by atoms with Crippen molar-refractivity contribution < 1.29 is 18.7 Å². The van der Waals surface area contributed by atoms with Gasteiger partial charge in [-0.3, -0.25) is 10.1 Å². The van der Waals surface area contributed by atoms with E-state index < -0.39 is 5.97 Å². The second kappa shape index (κ2) is 9.94. The SMILES string of the molecule is COC(=O)c1ccc(/C=C/C(=O)Nc2nnc(SCc3ccccc3F)s2)cc1. The van der Waals surface area contributed by atoms with E-state index in [2.05, 4.69) is 20.3 Å². The number of anilines is 1. The number of thioether (sulfide) groups is 1. The second-order valence-electron chi connectivity index (χ2n) is 5.69. The van der Waals surface area contributed by atoms with E-state index in [0.717, 1.165) is 5.56 Å². The van der Waals surface area contributed by atoms with Gasteiger partial charge in [-0.05, 0) is 35.4 Å². The summed E-state index contributed by atoms with van der Waals surface area (Å²) in [5.74, 6) is -0.610. The van der Waals surface area contributed by atoms with Crippen molar-refractivity contribution in [2.45, 2.75) is 10.1 Å². The maximum absolute atomic E-state index is 13.6. The molecular formula is C20H16FN3O3S2. The fraction of sp³-hybridized carbons (Fsp3) is 0.100. The van der Waals surface area contributed by atoms with E-state index in [0.29, 0.717) is 26.4 Å². The van der Waals surface area contributed by atoms with E-state index >= 15 is 0 Å². The number of hydrogen-bond donors (Lipinski definition) is 1. The average molecular weight is 429 g/mol. The molecule has 148 valence electrons. The van der Waals surface area contributed by atoms with Crippen LogP contribution in [-0.4, -0.2) is 29.2 Å². The molecule has 2 aromatic carbocycles. The molecule has 3 aromatic rings. The Balaban J connectivity index is 1.52. The van der Waals surface area contributed by atoms with Crippen LogP contribution in [0.15, 0.2) is 58.9 Å². The minimum absolute atomic E-state index is 0.261. The lowest BCUT2D eigenvalue weighted by atomic mass is 10.1. The smallest absolute Gasteiger partial charge is 0.337 e. The number of nitrogens with one attached hydrogen (secondary N) is 1. The number of esters is 1. The number of aromatic nitrogens is 2. The zero-order valence-corrected chi connectivity index (χ0v) is 16.9. The standard InChI is InChI=1S/C20H16FN3O3S2/c1-27-18(26)14-9-6-13(7-10-14)8-11-17(25)22-19-23-24-20(29-19)28-12-15-4-2-3-5-16(15)21/h2-11H,12H2,1H3,(H,22,23,25)/b11-8+. The first-order valence-corrected chi connectivity index (χ1v) is 10.2. The molecule has 1 amide bonds. The largest absolute Gasteiger partial charge is 0.465 e. The van der Waals surface area contributed by atoms with Crippen LogP contribution in [0.3, 0.4) is 0 Å². The van der Waals surface area contributed by atoms with Crippen LogP contribution in [0.25, 0.3) is 6.08 Å². The summed E-state index contributed by atoms with van der Waals surface area (Å²) in [5, 5.41) is 10.9. The number of ether oxygens (including phenoxy) is 1. The number of benzene rings is 2. The van der Waals surface area contributed by atoms with Crippen LogP contribution in [0, 0.1) is 5.82 Å². The van der Waals surface area contributed by atoms with Crippen LogP contribution < -0.4 is 5.32 Å². The van der Waals surface area contributed by atoms with Crippen molar-refractivity contribution in [3.05, 3.63) is 77.1 Å². The highest BCUT2D eigenvalue weighted by Gasteiger charge is 2.09. The minimum Gasteiger partial charge on any atom is -0.465 e. The number of methoxy groups -OCH3 is 1. The fourth-order valence-corrected chi connectivity index (χ4v) is 3.98. The topological polar surface area (TPSA) is 81.2 Å². The molecule has 0 bridgehead atoms. The number of rotatable bonds is 7. The predicted octanol–water partition coefficient (Wildman–Crippen LogP) is 4.41. The lowest BCUT2D eigenvalue weighted by Crippen LogP contribution is -2.07. The number of carbonyl (C=O) groups excluding carboxylic acids is 2. The monoisotopic (exact) mass is 429 g/mol. The third-order valence-electron chi connectivity index (χ3n) is 3.70. The van der Waals surface area contributed by atoms with E-state index in [4.69, 9.17) is 0 Å². The Morgan fingerprint density at radius 1 is 1.17 bits per heavy atom. The van der Waals surface area contributed by atoms with Crippen molar-refractivity contribution in [3.8, 4) is 0 Å². The van der Waals surface area contributed by atoms with Crippen LogP contribution >= 0.6 is 23.1 Å². The van der Waals surface area contributed by atoms with Crippen LogP contribution in [0.1, 0.15) is 21.5 Å². The minimum atomic E-state index is -0.418. The summed E-state index contributed by atoms with van der Waals surface area (Å²) in [5.41, 5.74) is 1.77. The first-order chi connectivity index (χ1) is 14.0. The summed E-state index contributed by atoms with van der Waals surface area (Å²) in [6.07, 6.45) is 2.98. The van der Waals surface area contributed by atoms with Crippen LogP contribution in [0.4, 0.5) is 9.52 Å². The van der Waals surface area contributed by atoms with Gasteiger partial charge in [0.2, 0.25) is 11.0 Å². The molecule has 0 unspecified atom stereocenters. The normalized spacial score (nSPS) is 10.8. The summed E-state index contributed by atoms with van der Waals surface area (Å²) in [6.45, 7) is 0. The van der Waals surface area contributed by atoms with Gasteiger partial charge in [0.05, 0.1) is 12.7 Å². The Kier molecular flexibility index (Phi) is 7.09. The Labute approximate surface area is 174 Å². The van der Waals surface area contributed by atoms with Gasteiger partial charge in [-0.15, -0.1) is 10.2 Å². The first-order valence-electron chi connectivity index (χ1n) is 8.42. The molecule has 0 saturated heterocycles. The molecule has 0 spiro atoms. The Bertz CT molecular complexity index is 1040. The molecule has 0 saturated carbocycles. The van der Waals surface area contributed by atoms with Crippen molar-refractivity contribution in [2.24, 2.45) is 0 Å². The van der Waals surface area contributed by atoms with Crippen LogP contribution in [-0.2, 0) is 15.3 Å². The molecule has 1 heterocycles. The van der Waals surface area contributed by atoms with Gasteiger partial charge < -0.3 is 4.74 Å². The molecular weight excluding hydrogens is 413 g/mol. The molecule has 0 atom stereocenters. The number of amides is 1. The molecule has 0 aliphatic heterocycles. The highest BCUT2D eigenvalue weighted by Crippen LogP contribution is 2.29. The van der Waals surface area contributed by atoms with Crippen molar-refractivity contribution in [1.82, 2.24) is 10.2 Å². The van der Waals surface area contributed by atoms with E-state index in [1.165, 1.54) is 42.4 Å². The zero-order valence-electron chi connectivity index (χ0n) is 15.3. The number of halogens is 1. The fourth-order valence-electron chi connectivity index (χ4n) is 2.24. The molecule has 1 aromatic heterocycles. The summed E-state index contributed by atoms with van der Waals surface area (Å²) in [7, 11) is 1.32. The van der Waals surface area contributed by atoms with E-state index in [1.54, 1.807) is 48.5 Å². The van der Waals surface area contributed by atoms with Gasteiger partial charge in [0.15, 0.2) is 4.34 Å². The number of hydrogen-bond acceptors (Lipinski definition) is 7. The molecule has 9 heteroatoms. The van der Waals surface area contributed by atoms with E-state index in [1.807, 2.05) is 0 Å². The van der Waals surface area contributed by atoms with Gasteiger partial charge in [-0.2, -0.15) is 0 Å². The Hall–Kier alpha value is -3.04. The van der Waals surface area contributed by atoms with Crippen LogP contribution in [0.2, 0.25) is 0 Å². The van der Waals surface area contributed by atoms with E-state index in [9.17, 15) is 14.0 Å². The number of carbonyl (C=O) groups is 2. The third kappa shape index (κ3) is 5.97. The molecule has 0 radical (unpaired) electrons. The van der Waals surface area contributed by atoms with Crippen molar-refractivity contribution >= 4 is 46.2 Å². The molecule has 0 fully saturated rings. The lowest BCUT2D eigenvalue weighted by molar-refractivity contribution is -0.111. The van der Waals surface area contributed by atoms with Crippen molar-refractivity contribution in [1.29, 1.82) is 0 Å². The maximum Gasteiger partial charge on any atom is 0.337 e. The maximum atomic E-state index is 13.6. The zero-order chi connectivity index (χ0) is 20.6.